The number of alkyl halides is 3. The van der Waals surface area contributed by atoms with E-state index in [4.69, 9.17) is 22.6 Å². The smallest absolute Gasteiger partial charge is 0.404 e. The molecule has 0 aromatic heterocycles. The van der Waals surface area contributed by atoms with E-state index in [9.17, 15) is 13.2 Å². The van der Waals surface area contributed by atoms with Crippen molar-refractivity contribution < 1.29 is 17.9 Å². The van der Waals surface area contributed by atoms with Gasteiger partial charge in [-0.3, -0.25) is 0 Å². The van der Waals surface area contributed by atoms with Crippen molar-refractivity contribution in [1.82, 2.24) is 0 Å². The number of hydrogen-bond acceptors (Lipinski definition) is 3. The molecule has 0 saturated carbocycles. The molecule has 1 rings (SSSR count). The number of hydrogen-bond donors (Lipinski definition) is 1. The molecule has 3 nitrogen and oxygen atoms in total. The lowest BCUT2D eigenvalue weighted by Crippen LogP contribution is -2.18. The van der Waals surface area contributed by atoms with Crippen LogP contribution >= 0.6 is 11.6 Å². The molecule has 0 bridgehead atoms. The molecule has 1 unspecified atom stereocenters. The number of nitrogens with two attached hydrogens (primary N) is 1. The van der Waals surface area contributed by atoms with Gasteiger partial charge in [0.15, 0.2) is 0 Å². The minimum absolute atomic E-state index is 0.200. The molecular formula is C9H6ClF3N2O. The van der Waals surface area contributed by atoms with Crippen molar-refractivity contribution in [3.8, 4) is 11.8 Å². The summed E-state index contributed by atoms with van der Waals surface area (Å²) in [5.74, 6) is -0.572. The molecular weight excluding hydrogens is 245 g/mol. The molecule has 0 aliphatic rings. The Kier molecular flexibility index (Phi) is 3.62. The fourth-order valence-corrected chi connectivity index (χ4v) is 1.15. The molecule has 0 fully saturated rings. The van der Waals surface area contributed by atoms with Crippen molar-refractivity contribution in [2.45, 2.75) is 12.4 Å². The monoisotopic (exact) mass is 250 g/mol. The first-order valence-corrected chi connectivity index (χ1v) is 4.41. The normalized spacial score (nSPS) is 13.0. The maximum atomic E-state index is 12.0. The standard InChI is InChI=1S/C9H6ClF3N2O/c10-6-2-1-5(7(15)4-14)3-8(6)16-9(11,12)13/h1-3,7H,15H2. The molecule has 16 heavy (non-hydrogen) atoms. The molecule has 86 valence electrons. The highest BCUT2D eigenvalue weighted by Crippen LogP contribution is 2.31. The van der Waals surface area contributed by atoms with Crippen molar-refractivity contribution in [3.05, 3.63) is 28.8 Å². The molecule has 2 N–H and O–H groups in total. The number of rotatable bonds is 2. The molecule has 1 aromatic rings. The van der Waals surface area contributed by atoms with Gasteiger partial charge in [0.2, 0.25) is 0 Å². The Labute approximate surface area is 94.2 Å². The van der Waals surface area contributed by atoms with E-state index in [0.29, 0.717) is 0 Å². The summed E-state index contributed by atoms with van der Waals surface area (Å²) in [6, 6.07) is 4.21. The van der Waals surface area contributed by atoms with E-state index in [0.717, 1.165) is 6.07 Å². The van der Waals surface area contributed by atoms with Gasteiger partial charge in [0, 0.05) is 0 Å². The second-order valence-corrected chi connectivity index (χ2v) is 3.25. The van der Waals surface area contributed by atoms with Gasteiger partial charge >= 0.3 is 6.36 Å². The number of benzene rings is 1. The van der Waals surface area contributed by atoms with Crippen LogP contribution in [0.2, 0.25) is 5.02 Å². The highest BCUT2D eigenvalue weighted by Gasteiger charge is 2.32. The third-order valence-corrected chi connectivity index (χ3v) is 1.99. The topological polar surface area (TPSA) is 59.0 Å². The molecule has 0 heterocycles. The van der Waals surface area contributed by atoms with Crippen LogP contribution in [0.15, 0.2) is 18.2 Å². The van der Waals surface area contributed by atoms with E-state index in [1.807, 2.05) is 0 Å². The van der Waals surface area contributed by atoms with Crippen molar-refractivity contribution in [2.24, 2.45) is 5.73 Å². The maximum Gasteiger partial charge on any atom is 0.573 e. The zero-order chi connectivity index (χ0) is 12.3. The largest absolute Gasteiger partial charge is 0.573 e. The predicted octanol–water partition coefficient (Wildman–Crippen LogP) is 2.76. The molecule has 0 spiro atoms. The van der Waals surface area contributed by atoms with Gasteiger partial charge < -0.3 is 10.5 Å². The van der Waals surface area contributed by atoms with Gasteiger partial charge in [-0.15, -0.1) is 13.2 Å². The van der Waals surface area contributed by atoms with Gasteiger partial charge in [-0.1, -0.05) is 17.7 Å². The van der Waals surface area contributed by atoms with Gasteiger partial charge in [0.05, 0.1) is 11.1 Å². The summed E-state index contributed by atoms with van der Waals surface area (Å²) in [6.07, 6.45) is -4.83. The maximum absolute atomic E-state index is 12.0. The fourth-order valence-electron chi connectivity index (χ4n) is 0.991. The minimum Gasteiger partial charge on any atom is -0.404 e. The molecule has 0 aliphatic heterocycles. The number of nitriles is 1. The van der Waals surface area contributed by atoms with Crippen molar-refractivity contribution >= 4 is 11.6 Å². The SMILES string of the molecule is N#CC(N)c1ccc(Cl)c(OC(F)(F)F)c1. The van der Waals surface area contributed by atoms with Gasteiger partial charge in [0.25, 0.3) is 0 Å². The summed E-state index contributed by atoms with van der Waals surface area (Å²) in [4.78, 5) is 0. The summed E-state index contributed by atoms with van der Waals surface area (Å²) >= 11 is 5.50. The number of halogens is 4. The first-order valence-electron chi connectivity index (χ1n) is 4.04. The second-order valence-electron chi connectivity index (χ2n) is 2.84. The number of ether oxygens (including phenoxy) is 1. The average Bonchev–Trinajstić information content (AvgIpc) is 2.18. The molecule has 7 heteroatoms. The van der Waals surface area contributed by atoms with E-state index in [-0.39, 0.29) is 10.6 Å². The molecule has 0 radical (unpaired) electrons. The van der Waals surface area contributed by atoms with Crippen LogP contribution in [-0.2, 0) is 0 Å². The highest BCUT2D eigenvalue weighted by atomic mass is 35.5. The van der Waals surface area contributed by atoms with Crippen molar-refractivity contribution in [2.75, 3.05) is 0 Å². The second kappa shape index (κ2) is 4.60. The number of nitrogens with zero attached hydrogens (tertiary/aromatic N) is 1. The van der Waals surface area contributed by atoms with E-state index in [1.165, 1.54) is 12.1 Å². The Morgan fingerprint density at radius 3 is 2.56 bits per heavy atom. The quantitative estimate of drug-likeness (QED) is 0.878. The summed E-state index contributed by atoms with van der Waals surface area (Å²) in [5.41, 5.74) is 5.54. The summed E-state index contributed by atoms with van der Waals surface area (Å²) in [7, 11) is 0. The summed E-state index contributed by atoms with van der Waals surface area (Å²) < 4.78 is 39.5. The van der Waals surface area contributed by atoms with Crippen LogP contribution < -0.4 is 10.5 Å². The van der Waals surface area contributed by atoms with Crippen LogP contribution in [0.5, 0.6) is 5.75 Å². The minimum atomic E-state index is -4.83. The van der Waals surface area contributed by atoms with Crippen LogP contribution in [0.25, 0.3) is 0 Å². The zero-order valence-electron chi connectivity index (χ0n) is 7.75. The van der Waals surface area contributed by atoms with Crippen LogP contribution in [0, 0.1) is 11.3 Å². The van der Waals surface area contributed by atoms with E-state index >= 15 is 0 Å². The Morgan fingerprint density at radius 2 is 2.06 bits per heavy atom. The summed E-state index contributed by atoms with van der Waals surface area (Å²) in [5, 5.41) is 8.31. The lowest BCUT2D eigenvalue weighted by Gasteiger charge is -2.12. The molecule has 1 aromatic carbocycles. The lowest BCUT2D eigenvalue weighted by atomic mass is 10.1. The zero-order valence-corrected chi connectivity index (χ0v) is 8.51. The molecule has 0 amide bonds. The Morgan fingerprint density at radius 1 is 1.44 bits per heavy atom. The van der Waals surface area contributed by atoms with Crippen LogP contribution in [0.4, 0.5) is 13.2 Å². The first-order chi connectivity index (χ1) is 7.33. The molecule has 0 saturated heterocycles. The predicted molar refractivity (Wildman–Crippen MR) is 50.7 cm³/mol. The first kappa shape index (κ1) is 12.6. The van der Waals surface area contributed by atoms with E-state index < -0.39 is 18.2 Å². The van der Waals surface area contributed by atoms with E-state index in [2.05, 4.69) is 4.74 Å². The highest BCUT2D eigenvalue weighted by molar-refractivity contribution is 6.32. The van der Waals surface area contributed by atoms with E-state index in [1.54, 1.807) is 6.07 Å². The Bertz CT molecular complexity index is 428. The summed E-state index contributed by atoms with van der Waals surface area (Å²) in [6.45, 7) is 0. The molecule has 0 aliphatic carbocycles. The lowest BCUT2D eigenvalue weighted by molar-refractivity contribution is -0.274. The van der Waals surface area contributed by atoms with Crippen molar-refractivity contribution in [1.29, 1.82) is 5.26 Å². The average molecular weight is 251 g/mol. The van der Waals surface area contributed by atoms with Crippen LogP contribution in [-0.4, -0.2) is 6.36 Å². The Hall–Kier alpha value is -1.45. The fraction of sp³-hybridized carbons (Fsp3) is 0.222. The van der Waals surface area contributed by atoms with Gasteiger partial charge in [-0.25, -0.2) is 0 Å². The van der Waals surface area contributed by atoms with Gasteiger partial charge in [-0.2, -0.15) is 5.26 Å². The third kappa shape index (κ3) is 3.29. The third-order valence-electron chi connectivity index (χ3n) is 1.68. The Balaban J connectivity index is 3.05. The van der Waals surface area contributed by atoms with Crippen LogP contribution in [0.1, 0.15) is 11.6 Å². The van der Waals surface area contributed by atoms with Crippen molar-refractivity contribution in [3.63, 3.8) is 0 Å². The van der Waals surface area contributed by atoms with Gasteiger partial charge in [0.1, 0.15) is 11.8 Å². The van der Waals surface area contributed by atoms with Crippen LogP contribution in [0.3, 0.4) is 0 Å². The molecule has 1 atom stereocenters. The van der Waals surface area contributed by atoms with Gasteiger partial charge in [-0.05, 0) is 17.7 Å².